The second-order valence-electron chi connectivity index (χ2n) is 5.49. The van der Waals surface area contributed by atoms with Gasteiger partial charge in [0.25, 0.3) is 5.56 Å². The third kappa shape index (κ3) is 3.08. The Morgan fingerprint density at radius 3 is 2.86 bits per heavy atom. The number of aromatic nitrogens is 3. The van der Waals surface area contributed by atoms with Crippen LogP contribution >= 0.6 is 11.3 Å². The molecule has 5 nitrogen and oxygen atoms in total. The van der Waals surface area contributed by atoms with Gasteiger partial charge in [-0.3, -0.25) is 14.1 Å². The summed E-state index contributed by atoms with van der Waals surface area (Å²) in [5.74, 6) is 0. The number of fused-ring (bicyclic) bond motifs is 1. The van der Waals surface area contributed by atoms with Crippen molar-refractivity contribution >= 4 is 17.0 Å². The largest absolute Gasteiger partial charge is 0.295 e. The van der Waals surface area contributed by atoms with E-state index < -0.39 is 0 Å². The lowest BCUT2D eigenvalue weighted by molar-refractivity contribution is 0.317. The summed E-state index contributed by atoms with van der Waals surface area (Å²) in [4.78, 5) is 24.4. The van der Waals surface area contributed by atoms with Gasteiger partial charge in [-0.05, 0) is 32.5 Å². The summed E-state index contributed by atoms with van der Waals surface area (Å²) >= 11 is 1.70. The maximum Gasteiger partial charge on any atom is 0.258 e. The van der Waals surface area contributed by atoms with E-state index in [0.29, 0.717) is 6.54 Å². The summed E-state index contributed by atoms with van der Waals surface area (Å²) in [6.45, 7) is 5.41. The van der Waals surface area contributed by atoms with Crippen molar-refractivity contribution in [1.82, 2.24) is 19.3 Å². The maximum atomic E-state index is 12.2. The van der Waals surface area contributed by atoms with Crippen molar-refractivity contribution in [3.8, 4) is 0 Å². The normalized spacial score (nSPS) is 11.5. The SMILES string of the molecule is Cc1ncc(CN(C)Cc2cc(=O)n3cccc(C)c3n2)s1. The molecule has 114 valence electrons. The predicted octanol–water partition coefficient (Wildman–Crippen LogP) is 2.40. The van der Waals surface area contributed by atoms with Gasteiger partial charge < -0.3 is 0 Å². The van der Waals surface area contributed by atoms with E-state index in [4.69, 9.17) is 0 Å². The van der Waals surface area contributed by atoms with E-state index in [-0.39, 0.29) is 5.56 Å². The minimum absolute atomic E-state index is 0.0364. The Kier molecular flexibility index (Phi) is 4.04. The second kappa shape index (κ2) is 5.98. The molecule has 3 aromatic rings. The van der Waals surface area contributed by atoms with Crippen LogP contribution in [0.4, 0.5) is 0 Å². The van der Waals surface area contributed by atoms with Crippen molar-refractivity contribution in [1.29, 1.82) is 0 Å². The van der Waals surface area contributed by atoms with Crippen molar-refractivity contribution in [3.63, 3.8) is 0 Å². The Morgan fingerprint density at radius 2 is 2.14 bits per heavy atom. The third-order valence-electron chi connectivity index (χ3n) is 3.47. The monoisotopic (exact) mass is 314 g/mol. The van der Waals surface area contributed by atoms with E-state index in [1.807, 2.05) is 39.2 Å². The van der Waals surface area contributed by atoms with Crippen LogP contribution in [0.25, 0.3) is 5.65 Å². The first-order chi connectivity index (χ1) is 10.5. The van der Waals surface area contributed by atoms with Gasteiger partial charge in [-0.1, -0.05) is 6.07 Å². The van der Waals surface area contributed by atoms with Gasteiger partial charge in [0.05, 0.1) is 10.7 Å². The van der Waals surface area contributed by atoms with Crippen molar-refractivity contribution in [3.05, 3.63) is 62.1 Å². The van der Waals surface area contributed by atoms with Crippen LogP contribution in [0.15, 0.2) is 35.4 Å². The lowest BCUT2D eigenvalue weighted by Crippen LogP contribution is -2.21. The Morgan fingerprint density at radius 1 is 1.32 bits per heavy atom. The molecule has 0 aliphatic carbocycles. The van der Waals surface area contributed by atoms with Gasteiger partial charge in [-0.25, -0.2) is 9.97 Å². The first-order valence-electron chi connectivity index (χ1n) is 7.10. The van der Waals surface area contributed by atoms with Crippen LogP contribution in [-0.4, -0.2) is 26.3 Å². The minimum Gasteiger partial charge on any atom is -0.295 e. The number of hydrogen-bond acceptors (Lipinski definition) is 5. The molecule has 3 heterocycles. The van der Waals surface area contributed by atoms with Crippen molar-refractivity contribution in [2.24, 2.45) is 0 Å². The zero-order valence-electron chi connectivity index (χ0n) is 12.9. The molecule has 3 rings (SSSR count). The molecular formula is C16H18N4OS. The summed E-state index contributed by atoms with van der Waals surface area (Å²) in [7, 11) is 2.02. The summed E-state index contributed by atoms with van der Waals surface area (Å²) in [5.41, 5.74) is 2.49. The van der Waals surface area contributed by atoms with Crippen molar-refractivity contribution in [2.45, 2.75) is 26.9 Å². The number of pyridine rings is 1. The molecule has 0 atom stereocenters. The molecule has 0 aliphatic rings. The average molecular weight is 314 g/mol. The zero-order chi connectivity index (χ0) is 15.7. The summed E-state index contributed by atoms with van der Waals surface area (Å²) < 4.78 is 1.59. The van der Waals surface area contributed by atoms with Gasteiger partial charge in [0.2, 0.25) is 0 Å². The van der Waals surface area contributed by atoms with E-state index >= 15 is 0 Å². The topological polar surface area (TPSA) is 50.5 Å². The molecule has 22 heavy (non-hydrogen) atoms. The number of thiazole rings is 1. The highest BCUT2D eigenvalue weighted by Gasteiger charge is 2.08. The van der Waals surface area contributed by atoms with Gasteiger partial charge in [0.1, 0.15) is 5.65 Å². The molecule has 0 bridgehead atoms. The quantitative estimate of drug-likeness (QED) is 0.742. The van der Waals surface area contributed by atoms with Gasteiger partial charge in [0.15, 0.2) is 0 Å². The fourth-order valence-corrected chi connectivity index (χ4v) is 3.34. The average Bonchev–Trinajstić information content (AvgIpc) is 2.85. The summed E-state index contributed by atoms with van der Waals surface area (Å²) in [6.07, 6.45) is 3.66. The van der Waals surface area contributed by atoms with Crippen molar-refractivity contribution in [2.75, 3.05) is 7.05 Å². The first-order valence-corrected chi connectivity index (χ1v) is 7.92. The molecule has 0 saturated carbocycles. The highest BCUT2D eigenvalue weighted by Crippen LogP contribution is 2.14. The fraction of sp³-hybridized carbons (Fsp3) is 0.312. The third-order valence-corrected chi connectivity index (χ3v) is 4.36. The van der Waals surface area contributed by atoms with E-state index in [9.17, 15) is 4.79 Å². The van der Waals surface area contributed by atoms with E-state index in [1.165, 1.54) is 4.88 Å². The Balaban J connectivity index is 1.84. The molecule has 0 N–H and O–H groups in total. The summed E-state index contributed by atoms with van der Waals surface area (Å²) in [5, 5.41) is 1.07. The minimum atomic E-state index is -0.0364. The van der Waals surface area contributed by atoms with Gasteiger partial charge >= 0.3 is 0 Å². The van der Waals surface area contributed by atoms with Crippen LogP contribution in [0.3, 0.4) is 0 Å². The first kappa shape index (κ1) is 14.9. The zero-order valence-corrected chi connectivity index (χ0v) is 13.7. The Hall–Kier alpha value is -2.05. The molecule has 0 aliphatic heterocycles. The molecule has 0 radical (unpaired) electrons. The molecule has 0 saturated heterocycles. The van der Waals surface area contributed by atoms with Crippen LogP contribution < -0.4 is 5.56 Å². The van der Waals surface area contributed by atoms with Crippen molar-refractivity contribution < 1.29 is 0 Å². The van der Waals surface area contributed by atoms with Crippen LogP contribution in [0.5, 0.6) is 0 Å². The second-order valence-corrected chi connectivity index (χ2v) is 6.81. The van der Waals surface area contributed by atoms with E-state index in [1.54, 1.807) is 28.0 Å². The van der Waals surface area contributed by atoms with Crippen LogP contribution in [0.2, 0.25) is 0 Å². The molecule has 3 aromatic heterocycles. The number of rotatable bonds is 4. The number of nitrogens with zero attached hydrogens (tertiary/aromatic N) is 4. The molecule has 0 aromatic carbocycles. The Labute approximate surface area is 132 Å². The lowest BCUT2D eigenvalue weighted by Gasteiger charge is -2.15. The highest BCUT2D eigenvalue weighted by molar-refractivity contribution is 7.11. The maximum absolute atomic E-state index is 12.2. The highest BCUT2D eigenvalue weighted by atomic mass is 32.1. The smallest absolute Gasteiger partial charge is 0.258 e. The Bertz CT molecular complexity index is 868. The number of aryl methyl sites for hydroxylation is 2. The predicted molar refractivity (Wildman–Crippen MR) is 88.2 cm³/mol. The molecule has 0 fully saturated rings. The van der Waals surface area contributed by atoms with Crippen LogP contribution in [0, 0.1) is 13.8 Å². The number of hydrogen-bond donors (Lipinski definition) is 0. The van der Waals surface area contributed by atoms with Gasteiger partial charge in [0, 0.05) is 36.4 Å². The van der Waals surface area contributed by atoms with E-state index in [0.717, 1.165) is 28.5 Å². The lowest BCUT2D eigenvalue weighted by atomic mass is 10.3. The van der Waals surface area contributed by atoms with E-state index in [2.05, 4.69) is 14.9 Å². The molecular weight excluding hydrogens is 296 g/mol. The van der Waals surface area contributed by atoms with Gasteiger partial charge in [-0.2, -0.15) is 0 Å². The van der Waals surface area contributed by atoms with Crippen LogP contribution in [-0.2, 0) is 13.1 Å². The summed E-state index contributed by atoms with van der Waals surface area (Å²) in [6, 6.07) is 5.44. The standard InChI is InChI=1S/C16H18N4OS/c1-11-5-4-6-20-15(21)7-13(18-16(11)20)9-19(3)10-14-8-17-12(2)22-14/h4-8H,9-10H2,1-3H3. The molecule has 0 unspecified atom stereocenters. The fourth-order valence-electron chi connectivity index (χ4n) is 2.47. The molecule has 0 spiro atoms. The van der Waals surface area contributed by atoms with Gasteiger partial charge in [-0.15, -0.1) is 11.3 Å². The van der Waals surface area contributed by atoms with Crippen LogP contribution in [0.1, 0.15) is 21.1 Å². The molecule has 6 heteroatoms. The molecule has 0 amide bonds.